The highest BCUT2D eigenvalue weighted by Gasteiger charge is 2.63. The van der Waals surface area contributed by atoms with E-state index in [4.69, 9.17) is 109 Å². The van der Waals surface area contributed by atoms with Crippen LogP contribution in [0, 0.1) is 0 Å². The van der Waals surface area contributed by atoms with Crippen LogP contribution in [0.2, 0.25) is 0 Å². The van der Waals surface area contributed by atoms with Gasteiger partial charge in [0, 0.05) is 13.8 Å². The van der Waals surface area contributed by atoms with E-state index < -0.39 is 459 Å². The van der Waals surface area contributed by atoms with E-state index in [1.54, 1.807) is 0 Å². The Bertz CT molecular complexity index is 3730. The second-order valence-corrected chi connectivity index (χ2v) is 35.2. The maximum atomic E-state index is 13.2. The van der Waals surface area contributed by atoms with Crippen molar-refractivity contribution in [2.45, 2.75) is 382 Å². The topological polar surface area (TPSA) is 999 Å². The van der Waals surface area contributed by atoms with Gasteiger partial charge in [0.2, 0.25) is 11.8 Å². The van der Waals surface area contributed by atoms with Crippen molar-refractivity contribution in [3.8, 4) is 0 Å². The molecule has 0 aliphatic carbocycles. The van der Waals surface area contributed by atoms with E-state index in [-0.39, 0.29) is 0 Å². The lowest BCUT2D eigenvalue weighted by atomic mass is 9.94. The third kappa shape index (κ3) is 24.5. The number of amides is 2. The van der Waals surface area contributed by atoms with Crippen LogP contribution in [0.25, 0.3) is 0 Å². The summed E-state index contributed by atoms with van der Waals surface area (Å²) in [5.74, 6) is -1.85. The fraction of sp³-hybridized carbons (Fsp3) is 0.974. The largest absolute Gasteiger partial charge is 0.394 e. The first-order valence-electron chi connectivity index (χ1n) is 44.2. The maximum Gasteiger partial charge on any atom is 0.217 e. The molecule has 0 aromatic carbocycles. The maximum absolute atomic E-state index is 13.2. The minimum absolute atomic E-state index is 0.838. The number of aliphatic hydroxyl groups excluding tert-OH is 36. The molecule has 38 N–H and O–H groups in total. The Morgan fingerprint density at radius 2 is 0.396 bits per heavy atom. The molecule has 808 valence electrons. The third-order valence-corrected chi connectivity index (χ3v) is 25.9. The molecule has 12 aliphatic rings. The van der Waals surface area contributed by atoms with Crippen LogP contribution in [0.4, 0.5) is 0 Å². The van der Waals surface area contributed by atoms with Crippen molar-refractivity contribution in [1.29, 1.82) is 0 Å². The average Bonchev–Trinajstić information content (AvgIpc) is 0.766. The van der Waals surface area contributed by atoms with Crippen molar-refractivity contribution in [1.82, 2.24) is 10.6 Å². The molecule has 12 heterocycles. The van der Waals surface area contributed by atoms with Crippen molar-refractivity contribution in [2.24, 2.45) is 0 Å². The summed E-state index contributed by atoms with van der Waals surface area (Å²) in [5, 5.41) is 408. The number of rotatable bonds is 36. The smallest absolute Gasteiger partial charge is 0.217 e. The first-order valence-corrected chi connectivity index (χ1v) is 44.2. The summed E-state index contributed by atoms with van der Waals surface area (Å²) >= 11 is 0. The number of ether oxygens (including phenoxy) is 23. The number of hydrogen-bond donors (Lipinski definition) is 38. The van der Waals surface area contributed by atoms with Gasteiger partial charge in [-0.2, -0.15) is 0 Å². The van der Waals surface area contributed by atoms with Crippen LogP contribution >= 0.6 is 0 Å². The highest BCUT2D eigenvalue weighted by Crippen LogP contribution is 2.43. The highest BCUT2D eigenvalue weighted by atomic mass is 16.8. The molecule has 0 bridgehead atoms. The van der Waals surface area contributed by atoms with Crippen LogP contribution in [-0.4, -0.2) is 643 Å². The van der Waals surface area contributed by atoms with Crippen LogP contribution in [0.15, 0.2) is 0 Å². The normalized spacial score (nSPS) is 51.9. The molecular formula is C76H128N2O61. The summed E-state index contributed by atoms with van der Waals surface area (Å²) in [7, 11) is 0. The molecule has 0 radical (unpaired) electrons. The Morgan fingerprint density at radius 1 is 0.187 bits per heavy atom. The van der Waals surface area contributed by atoms with Crippen LogP contribution in [0.5, 0.6) is 0 Å². The minimum Gasteiger partial charge on any atom is -0.394 e. The van der Waals surface area contributed by atoms with Crippen molar-refractivity contribution in [3.05, 3.63) is 0 Å². The summed E-state index contributed by atoms with van der Waals surface area (Å²) < 4.78 is 136. The molecule has 0 spiro atoms. The fourth-order valence-electron chi connectivity index (χ4n) is 17.9. The zero-order valence-corrected chi connectivity index (χ0v) is 73.4. The van der Waals surface area contributed by atoms with Gasteiger partial charge in [0.1, 0.15) is 293 Å². The molecule has 60 atom stereocenters. The van der Waals surface area contributed by atoms with Gasteiger partial charge in [0.15, 0.2) is 75.5 Å². The fourth-order valence-corrected chi connectivity index (χ4v) is 17.9. The van der Waals surface area contributed by atoms with Crippen LogP contribution in [0.3, 0.4) is 0 Å². The zero-order chi connectivity index (χ0) is 102. The second-order valence-electron chi connectivity index (χ2n) is 35.2. The number of aliphatic hydroxyl groups is 36. The number of carbonyl (C=O) groups is 2. The molecule has 12 saturated heterocycles. The molecule has 12 fully saturated rings. The molecule has 12 rings (SSSR count). The summed E-state index contributed by atoms with van der Waals surface area (Å²) in [6, 6.07) is -3.76. The molecule has 0 saturated carbocycles. The third-order valence-electron chi connectivity index (χ3n) is 25.9. The van der Waals surface area contributed by atoms with Crippen molar-refractivity contribution in [2.75, 3.05) is 79.3 Å². The van der Waals surface area contributed by atoms with Gasteiger partial charge < -0.3 is 303 Å². The van der Waals surface area contributed by atoms with Gasteiger partial charge in [-0.1, -0.05) is 0 Å². The van der Waals surface area contributed by atoms with E-state index >= 15 is 0 Å². The molecule has 63 heteroatoms. The predicted molar refractivity (Wildman–Crippen MR) is 418 cm³/mol. The van der Waals surface area contributed by atoms with E-state index in [9.17, 15) is 193 Å². The zero-order valence-electron chi connectivity index (χ0n) is 73.4. The summed E-state index contributed by atoms with van der Waals surface area (Å²) in [5.41, 5.74) is 0. The quantitative estimate of drug-likeness (QED) is 0.0277. The van der Waals surface area contributed by atoms with Crippen LogP contribution < -0.4 is 10.6 Å². The summed E-state index contributed by atoms with van der Waals surface area (Å²) in [6.07, 6.45) is -130. The highest BCUT2D eigenvalue weighted by molar-refractivity contribution is 5.73. The van der Waals surface area contributed by atoms with Gasteiger partial charge in [-0.15, -0.1) is 0 Å². The van der Waals surface area contributed by atoms with E-state index in [0.717, 1.165) is 13.8 Å². The van der Waals surface area contributed by atoms with Crippen LogP contribution in [-0.2, 0) is 119 Å². The number of hydrogen-bond acceptors (Lipinski definition) is 61. The number of carbonyl (C=O) groups excluding carboxylic acids is 2. The van der Waals surface area contributed by atoms with Crippen molar-refractivity contribution < 1.29 is 302 Å². The monoisotopic (exact) mass is 2040 g/mol. The summed E-state index contributed by atoms with van der Waals surface area (Å²) in [4.78, 5) is 25.5. The molecule has 12 aliphatic heterocycles. The molecule has 139 heavy (non-hydrogen) atoms. The van der Waals surface area contributed by atoms with Crippen molar-refractivity contribution >= 4 is 11.8 Å². The van der Waals surface area contributed by atoms with Gasteiger partial charge >= 0.3 is 0 Å². The Morgan fingerprint density at radius 3 is 0.734 bits per heavy atom. The van der Waals surface area contributed by atoms with Gasteiger partial charge in [-0.05, 0) is 0 Å². The Kier molecular flexibility index (Phi) is 41.0. The predicted octanol–water partition coefficient (Wildman–Crippen LogP) is -26.9. The molecule has 0 aromatic rings. The van der Waals surface area contributed by atoms with Crippen LogP contribution in [0.1, 0.15) is 13.8 Å². The molecule has 63 nitrogen and oxygen atoms in total. The Hall–Kier alpha value is -3.42. The van der Waals surface area contributed by atoms with Gasteiger partial charge in [0.05, 0.1) is 79.3 Å². The molecule has 2 amide bonds. The molecular weight excluding hydrogens is 1920 g/mol. The van der Waals surface area contributed by atoms with E-state index in [2.05, 4.69) is 10.6 Å². The van der Waals surface area contributed by atoms with E-state index in [0.29, 0.717) is 0 Å². The van der Waals surface area contributed by atoms with Gasteiger partial charge in [-0.3, -0.25) is 9.59 Å². The van der Waals surface area contributed by atoms with E-state index in [1.165, 1.54) is 0 Å². The first-order chi connectivity index (χ1) is 65.9. The average molecular weight is 2050 g/mol. The summed E-state index contributed by atoms with van der Waals surface area (Å²) in [6.45, 7) is -12.4. The lowest BCUT2D eigenvalue weighted by Crippen LogP contribution is -2.70. The van der Waals surface area contributed by atoms with Gasteiger partial charge in [0.25, 0.3) is 0 Å². The SMILES string of the molecule is CC(=O)N[C@@H]1[C@@H](O)[C@H](O[C@@H]2O[C@H](CO)[C@@H](O[C@@H]3O[C@H](CO[C@H]4O[C@H](CO[C@H]5O[C@H](CO)[C@@H](O)[C@H](O)[C@@H]5O[C@H]5O[C@H](CO)[C@@H](O)[C@H](O[C@H]6O[C@H](CO)[C@@H](O)[C@H](O)[C@H]6O)[C@@H]5O)[C@@H](O)[C@H](O[C@H]5O[C@H](CO)[C@@H](O)[C@H](O)[C@@H]5O[C@H]5O[C@H](CO)[C@@H](O)[C@H](O)[C@@H]5O)[C@@H]4O)[C@@H](O)[C@H](O[C@H]4O[C@H](CO)[C@@H](O)[C@H](O)[C@@H]4O[C@H]4O[C@H](CO)[C@@H](O)[C@H](O)[C@@H]4O[C@H]4O[C@H](CO)[C@@H](O)[C@H](O)[C@@H]4O)[C@@H]3O)[C@H](O)[C@H]2NC(C)=O)[C@@H](CO)O[C@H]1O. The van der Waals surface area contributed by atoms with E-state index in [1.807, 2.05) is 0 Å². The minimum atomic E-state index is -2.73. The Balaban J connectivity index is 0.905. The lowest BCUT2D eigenvalue weighted by Gasteiger charge is -2.51. The van der Waals surface area contributed by atoms with Crippen molar-refractivity contribution in [3.63, 3.8) is 0 Å². The standard InChI is InChI=1S/C76H128N2O61/c1-15(89)77-29-41(101)56(25(11-87)119-65(29)116)131-66-30(78-16(2)90)42(102)57(26(12-88)128-66)132-72-55(115)60(135-75-64(49(109)37(97)22(8-84)126-75)139-76-63(48(108)36(96)23(9-85)127-76)138-70-52(112)45(105)33(93)19(5-81)122-70)40(100)28(130-72)13-117-67-53(113)59(134-74-62(47(107)35(95)21(7-83)125-74)137-69-51(111)44(104)32(92)18(4-80)121-69)39(99)27(129-67)14-118-73-61(46(106)34(94)20(6-82)124-73)136-71-54(114)58(38(98)24(10-86)123-71)133-68-50(110)43(103)31(91)17(3-79)120-68/h17-76,79-88,91-116H,3-14H2,1-2H3,(H,77,89)(H,78,90)/t17-,18-,19-,20-,21-,22-,23-,24-,25-,26-,27-,28-,29-,30-,31-,32-,33-,34-,35-,36-,37-,38-,39-,40-,41-,42-,43+,44+,45+,46+,47+,48+,49+,50-,51+,52+,53+,54+,55+,56-,57-,58+,59+,60+,61+,62+,63+,64+,65-,66+,67+,68-,69-,70-,71-,72+,73+,74-,75-,76-/m1/s1. The molecule has 0 aromatic heterocycles. The first kappa shape index (κ1) is 114. The number of nitrogens with one attached hydrogen (secondary N) is 2. The van der Waals surface area contributed by atoms with Gasteiger partial charge in [-0.25, -0.2) is 0 Å². The lowest BCUT2D eigenvalue weighted by molar-refractivity contribution is -0.408. The second kappa shape index (κ2) is 49.8. The Labute approximate surface area is 784 Å². The molecule has 0 unspecified atom stereocenters.